The van der Waals surface area contributed by atoms with Crippen LogP contribution in [0.5, 0.6) is 0 Å². The summed E-state index contributed by atoms with van der Waals surface area (Å²) in [7, 11) is 2.00. The summed E-state index contributed by atoms with van der Waals surface area (Å²) in [6, 6.07) is 8.19. The van der Waals surface area contributed by atoms with Gasteiger partial charge >= 0.3 is 12.1 Å². The Kier molecular flexibility index (Phi) is 27.5. The number of urea groups is 1. The summed E-state index contributed by atoms with van der Waals surface area (Å²) in [4.78, 5) is 126. The van der Waals surface area contributed by atoms with Crippen molar-refractivity contribution in [3.8, 4) is 0 Å². The fourth-order valence-electron chi connectivity index (χ4n) is 10.6. The van der Waals surface area contributed by atoms with E-state index in [1.807, 2.05) is 13.8 Å². The molecule has 0 spiro atoms. The van der Waals surface area contributed by atoms with Crippen LogP contribution in [0.15, 0.2) is 54.6 Å². The predicted octanol–water partition coefficient (Wildman–Crippen LogP) is 2.90. The molecule has 10 amide bonds. The summed E-state index contributed by atoms with van der Waals surface area (Å²) in [6.45, 7) is 14.5. The van der Waals surface area contributed by atoms with Crippen LogP contribution in [0.2, 0.25) is 0 Å². The average molecular weight is 1210 g/mol. The van der Waals surface area contributed by atoms with Crippen molar-refractivity contribution in [2.45, 2.75) is 180 Å². The van der Waals surface area contributed by atoms with E-state index in [1.54, 1.807) is 101 Å². The van der Waals surface area contributed by atoms with Gasteiger partial charge in [-0.05, 0) is 86.5 Å². The molecule has 4 rings (SSSR count). The maximum Gasteiger partial charge on any atom is 0.410 e. The van der Waals surface area contributed by atoms with Gasteiger partial charge in [-0.2, -0.15) is 0 Å². The molecule has 1 saturated carbocycles. The highest BCUT2D eigenvalue weighted by Crippen LogP contribution is 2.31. The van der Waals surface area contributed by atoms with Gasteiger partial charge in [-0.3, -0.25) is 43.2 Å². The molecular weight excluding hydrogens is 1120 g/mol. The van der Waals surface area contributed by atoms with Crippen molar-refractivity contribution in [3.63, 3.8) is 0 Å². The second-order valence-corrected chi connectivity index (χ2v) is 25.0. The number of benzene rings is 2. The van der Waals surface area contributed by atoms with Crippen molar-refractivity contribution < 1.29 is 65.8 Å². The molecule has 1 heterocycles. The fraction of sp³-hybridized carbons (Fsp3) is 0.644. The van der Waals surface area contributed by atoms with Gasteiger partial charge in [0.15, 0.2) is 0 Å². The molecule has 0 aromatic heterocycles. The molecule has 2 fully saturated rings. The van der Waals surface area contributed by atoms with E-state index in [-0.39, 0.29) is 50.2 Å². The Hall–Kier alpha value is -6.90. The number of primary amides is 1. The lowest BCUT2D eigenvalue weighted by Crippen LogP contribution is -2.58. The van der Waals surface area contributed by atoms with Gasteiger partial charge in [0.1, 0.15) is 30.8 Å². The number of nitrogens with two attached hydrogens (primary N) is 2. The average Bonchev–Trinajstić information content (AvgIpc) is 3.56. The van der Waals surface area contributed by atoms with E-state index >= 15 is 0 Å². The number of amides is 10. The zero-order valence-corrected chi connectivity index (χ0v) is 52.2. The molecule has 25 nitrogen and oxygen atoms in total. The lowest BCUT2D eigenvalue weighted by atomic mass is 9.90. The first-order chi connectivity index (χ1) is 40.1. The van der Waals surface area contributed by atoms with Crippen LogP contribution >= 0.6 is 0 Å². The topological polar surface area (TPSA) is 349 Å². The first-order valence-electron chi connectivity index (χ1n) is 29.3. The lowest BCUT2D eigenvalue weighted by Gasteiger charge is -2.40. The van der Waals surface area contributed by atoms with Gasteiger partial charge in [0.2, 0.25) is 45.5 Å². The number of hydrogen-bond acceptors (Lipinski definition) is 15. The lowest BCUT2D eigenvalue weighted by molar-refractivity contribution is -0.147. The van der Waals surface area contributed by atoms with Crippen LogP contribution in [0.3, 0.4) is 0 Å². The van der Waals surface area contributed by atoms with Crippen LogP contribution in [0.25, 0.3) is 0 Å². The number of carbonyl (C=O) groups excluding carboxylic acids is 9. The van der Waals surface area contributed by atoms with Gasteiger partial charge in [-0.15, -0.1) is 0 Å². The maximum atomic E-state index is 14.5. The predicted molar refractivity (Wildman–Crippen MR) is 319 cm³/mol. The molecule has 11 atom stereocenters. The monoisotopic (exact) mass is 1210 g/mol. The Morgan fingerprint density at radius 3 is 1.94 bits per heavy atom. The highest BCUT2D eigenvalue weighted by atomic mass is 32.2. The number of ether oxygens (including phenoxy) is 3. The number of carbonyl (C=O) groups is 9. The Bertz CT molecular complexity index is 2700. The van der Waals surface area contributed by atoms with Crippen LogP contribution in [-0.4, -0.2) is 178 Å². The van der Waals surface area contributed by atoms with Crippen molar-refractivity contribution in [1.82, 2.24) is 40.7 Å². The highest BCUT2D eigenvalue weighted by Gasteiger charge is 2.44. The number of nitrogens with zero attached hydrogens (tertiary/aromatic N) is 3. The summed E-state index contributed by atoms with van der Waals surface area (Å²) < 4.78 is 45.3. The van der Waals surface area contributed by atoms with Gasteiger partial charge in [0.05, 0.1) is 47.9 Å². The Morgan fingerprint density at radius 1 is 0.741 bits per heavy atom. The number of anilines is 1. The van der Waals surface area contributed by atoms with Crippen LogP contribution in [0.1, 0.15) is 118 Å². The van der Waals surface area contributed by atoms with Crippen molar-refractivity contribution in [1.29, 1.82) is 0 Å². The summed E-state index contributed by atoms with van der Waals surface area (Å²) in [5, 5.41) is 12.8. The van der Waals surface area contributed by atoms with Gasteiger partial charge in [-0.1, -0.05) is 97.4 Å². The van der Waals surface area contributed by atoms with Crippen LogP contribution in [0.4, 0.5) is 15.3 Å². The Balaban J connectivity index is 1.38. The van der Waals surface area contributed by atoms with Crippen molar-refractivity contribution in [2.75, 3.05) is 46.7 Å². The summed E-state index contributed by atoms with van der Waals surface area (Å²) >= 11 is 0. The first kappa shape index (κ1) is 70.6. The normalized spacial score (nSPS) is 17.8. The molecule has 10 N–H and O–H groups in total. The minimum Gasteiger partial charge on any atom is -0.445 e. The van der Waals surface area contributed by atoms with E-state index in [9.17, 15) is 51.6 Å². The number of sulfonamides is 1. The van der Waals surface area contributed by atoms with Crippen LogP contribution in [-0.2, 0) is 70.8 Å². The van der Waals surface area contributed by atoms with Crippen molar-refractivity contribution in [2.24, 2.45) is 35.1 Å². The zero-order valence-electron chi connectivity index (χ0n) is 51.4. The minimum atomic E-state index is -3.91. The number of rotatable bonds is 33. The third kappa shape index (κ3) is 20.7. The largest absolute Gasteiger partial charge is 0.445 e. The molecule has 1 aliphatic heterocycles. The number of likely N-dealkylation sites (N-methyl/N-ethyl adjacent to an activating group) is 2. The standard InChI is InChI=1S/C59H93N11O14S/c1-13-36(6)50(46(82-11)32-47(71)70-30-18-22-45(70)51(83-12)37(7)52(72)66-44(31-39-19-15-14-16-20-39)54(74)67-85(80,81)42-27-28-42)68(9)57(77)38(8)63-56(76)49(35(4)5)69(10)59(79)84-33-40-23-25-41(26-24-40)64-53(73)43(21-17-29-62-58(61)78)65-55(75)48(60)34(2)3/h14-16,19-20,23-26,34-38,42-46,48-51H,13,17-18,21-22,27-33,60H2,1-12H3,(H,63,76)(H,64,73)(H,65,75)(H,66,72)(H,67,74)(H3,61,62,78)/t36-,37+,38-,43-,44-,45-,46+,48-,49-,50-,51+/m0/s1. The molecule has 0 unspecified atom stereocenters. The molecule has 2 aromatic carbocycles. The molecule has 1 saturated heterocycles. The van der Waals surface area contributed by atoms with Gasteiger partial charge in [0, 0.05) is 53.5 Å². The van der Waals surface area contributed by atoms with Crippen LogP contribution < -0.4 is 42.8 Å². The van der Waals surface area contributed by atoms with E-state index < -0.39 is 129 Å². The highest BCUT2D eigenvalue weighted by molar-refractivity contribution is 7.90. The first-order valence-corrected chi connectivity index (χ1v) is 30.8. The fourth-order valence-corrected chi connectivity index (χ4v) is 11.9. The number of methoxy groups -OCH3 is 2. The third-order valence-corrected chi connectivity index (χ3v) is 17.8. The van der Waals surface area contributed by atoms with E-state index in [0.29, 0.717) is 61.9 Å². The van der Waals surface area contributed by atoms with Crippen LogP contribution in [0, 0.1) is 23.7 Å². The number of hydrogen-bond donors (Lipinski definition) is 8. The molecule has 85 heavy (non-hydrogen) atoms. The van der Waals surface area contributed by atoms with E-state index in [2.05, 4.69) is 31.3 Å². The Labute approximate surface area is 500 Å². The summed E-state index contributed by atoms with van der Waals surface area (Å²) in [6.07, 6.45) is 0.528. The number of nitrogens with one attached hydrogen (secondary N) is 6. The quantitative estimate of drug-likeness (QED) is 0.0477. The summed E-state index contributed by atoms with van der Waals surface area (Å²) in [5.41, 5.74) is 12.8. The minimum absolute atomic E-state index is 0.0277. The SMILES string of the molecule is CC[C@H](C)[C@@H]([C@@H](CC(=O)N1CCC[C@H]1[C@H](OC)[C@@H](C)C(=O)N[C@@H](Cc1ccccc1)C(=O)NS(=O)(=O)C1CC1)OC)N(C)C(=O)[C@H](C)NC(=O)[C@H](C(C)C)N(C)C(=O)OCc1ccc(NC(=O)[C@H](CCCNC(N)=O)NC(=O)[C@@H](N)C(C)C)cc1. The van der Waals surface area contributed by atoms with E-state index in [1.165, 1.54) is 33.1 Å². The third-order valence-electron chi connectivity index (χ3n) is 15.9. The molecule has 0 bridgehead atoms. The molecule has 2 aromatic rings. The van der Waals surface area contributed by atoms with E-state index in [0.717, 1.165) is 4.90 Å². The zero-order chi connectivity index (χ0) is 63.5. The molecule has 0 radical (unpaired) electrons. The van der Waals surface area contributed by atoms with Crippen molar-refractivity contribution in [3.05, 3.63) is 65.7 Å². The molecule has 474 valence electrons. The molecule has 2 aliphatic rings. The smallest absolute Gasteiger partial charge is 0.410 e. The second-order valence-electron chi connectivity index (χ2n) is 23.1. The molecule has 26 heteroatoms. The van der Waals surface area contributed by atoms with Gasteiger partial charge in [-0.25, -0.2) is 18.0 Å². The number of likely N-dealkylation sites (tertiary alicyclic amines) is 1. The molecular formula is C59H93N11O14S. The summed E-state index contributed by atoms with van der Waals surface area (Å²) in [5.74, 6) is -5.54. The Morgan fingerprint density at radius 2 is 1.38 bits per heavy atom. The van der Waals surface area contributed by atoms with E-state index in [4.69, 9.17) is 25.7 Å². The maximum absolute atomic E-state index is 14.5. The second kappa shape index (κ2) is 33.1. The molecule has 1 aliphatic carbocycles. The van der Waals surface area contributed by atoms with Gasteiger partial charge in [0.25, 0.3) is 5.91 Å². The van der Waals surface area contributed by atoms with Crippen molar-refractivity contribution >= 4 is 69.2 Å². The van der Waals surface area contributed by atoms with Gasteiger partial charge < -0.3 is 62.1 Å².